The normalized spacial score (nSPS) is 23.6. The highest BCUT2D eigenvalue weighted by Crippen LogP contribution is 2.42. The summed E-state index contributed by atoms with van der Waals surface area (Å²) in [5, 5.41) is 14.5. The number of hydrogen-bond acceptors (Lipinski definition) is 7. The molecule has 1 saturated carbocycles. The van der Waals surface area contributed by atoms with Crippen molar-refractivity contribution in [3.63, 3.8) is 0 Å². The Balaban J connectivity index is 1.37. The van der Waals surface area contributed by atoms with Gasteiger partial charge in [-0.1, -0.05) is 24.4 Å². The van der Waals surface area contributed by atoms with Crippen molar-refractivity contribution in [1.29, 1.82) is 5.26 Å². The van der Waals surface area contributed by atoms with Crippen molar-refractivity contribution in [2.45, 2.75) is 76.5 Å². The van der Waals surface area contributed by atoms with Crippen molar-refractivity contribution in [2.75, 3.05) is 0 Å². The Morgan fingerprint density at radius 2 is 2.03 bits per heavy atom. The maximum atomic E-state index is 9.38. The van der Waals surface area contributed by atoms with Crippen LogP contribution in [0.1, 0.15) is 63.8 Å². The van der Waals surface area contributed by atoms with Gasteiger partial charge in [0.2, 0.25) is 5.28 Å². The molecule has 1 aliphatic heterocycles. The SMILES string of the molecule is CC1(C)OB(c2cnn(C(CC#N)C3CCCC3)c2)OC1(C)Cc1cc2nc(Cl)nc(Cl)c2s1. The zero-order valence-electron chi connectivity index (χ0n) is 19.4. The summed E-state index contributed by atoms with van der Waals surface area (Å²) in [6.45, 7) is 6.16. The minimum atomic E-state index is -0.595. The van der Waals surface area contributed by atoms with E-state index in [1.54, 1.807) is 11.3 Å². The standard InChI is InChI=1S/C23H26BCl2N5O2S/c1-22(2)23(3,11-16-10-17-19(34-16)20(25)30-21(26)29-17)33-24(32-22)15-12-28-31(13-15)18(8-9-27)14-6-4-5-7-14/h10,12-14,18H,4-8,11H2,1-3H3. The van der Waals surface area contributed by atoms with Gasteiger partial charge >= 0.3 is 7.12 Å². The van der Waals surface area contributed by atoms with E-state index in [2.05, 4.69) is 28.1 Å². The van der Waals surface area contributed by atoms with Gasteiger partial charge in [0.05, 0.1) is 40.0 Å². The molecule has 2 aliphatic rings. The summed E-state index contributed by atoms with van der Waals surface area (Å²) < 4.78 is 15.7. The molecule has 2 fully saturated rings. The van der Waals surface area contributed by atoms with Gasteiger partial charge in [-0.05, 0) is 57.2 Å². The lowest BCUT2D eigenvalue weighted by Gasteiger charge is -2.36. The van der Waals surface area contributed by atoms with Crippen LogP contribution >= 0.6 is 34.5 Å². The van der Waals surface area contributed by atoms with Crippen LogP contribution in [0.4, 0.5) is 0 Å². The van der Waals surface area contributed by atoms with E-state index in [0.717, 1.165) is 33.4 Å². The molecule has 11 heteroatoms. The van der Waals surface area contributed by atoms with Crippen molar-refractivity contribution in [1.82, 2.24) is 19.7 Å². The fourth-order valence-electron chi connectivity index (χ4n) is 5.09. The number of nitrogens with zero attached hydrogens (tertiary/aromatic N) is 5. The molecule has 0 bridgehead atoms. The molecule has 2 unspecified atom stereocenters. The molecule has 0 N–H and O–H groups in total. The number of thiophene rings is 1. The maximum Gasteiger partial charge on any atom is 0.498 e. The summed E-state index contributed by atoms with van der Waals surface area (Å²) >= 11 is 13.8. The Labute approximate surface area is 213 Å². The molecule has 178 valence electrons. The lowest BCUT2D eigenvalue weighted by atomic mass is 9.81. The fourth-order valence-corrected chi connectivity index (χ4v) is 6.72. The second-order valence-corrected chi connectivity index (χ2v) is 11.8. The predicted molar refractivity (Wildman–Crippen MR) is 135 cm³/mol. The van der Waals surface area contributed by atoms with E-state index in [9.17, 15) is 5.26 Å². The number of rotatable bonds is 6. The highest BCUT2D eigenvalue weighted by Gasteiger charge is 2.55. The molecule has 7 nitrogen and oxygen atoms in total. The Hall–Kier alpha value is -1.70. The first-order valence-electron chi connectivity index (χ1n) is 11.6. The Morgan fingerprint density at radius 1 is 1.26 bits per heavy atom. The summed E-state index contributed by atoms with van der Waals surface area (Å²) in [5.41, 5.74) is 0.455. The zero-order valence-corrected chi connectivity index (χ0v) is 21.8. The van der Waals surface area contributed by atoms with Gasteiger partial charge < -0.3 is 9.31 Å². The van der Waals surface area contributed by atoms with Crippen LogP contribution in [0, 0.1) is 17.2 Å². The molecule has 0 spiro atoms. The molecule has 0 amide bonds. The second-order valence-electron chi connectivity index (χ2n) is 9.92. The van der Waals surface area contributed by atoms with Crippen molar-refractivity contribution in [3.05, 3.63) is 33.8 Å². The maximum absolute atomic E-state index is 9.38. The second kappa shape index (κ2) is 9.07. The minimum Gasteiger partial charge on any atom is -0.399 e. The van der Waals surface area contributed by atoms with E-state index in [4.69, 9.17) is 32.5 Å². The fraction of sp³-hybridized carbons (Fsp3) is 0.565. The molecular formula is C23H26BCl2N5O2S. The number of aromatic nitrogens is 4. The van der Waals surface area contributed by atoms with Gasteiger partial charge in [0, 0.05) is 29.2 Å². The highest BCUT2D eigenvalue weighted by molar-refractivity contribution is 7.19. The zero-order chi connectivity index (χ0) is 24.1. The molecule has 3 aromatic rings. The molecule has 4 heterocycles. The molecule has 5 rings (SSSR count). The molecular weight excluding hydrogens is 492 g/mol. The van der Waals surface area contributed by atoms with Crippen LogP contribution < -0.4 is 5.46 Å². The van der Waals surface area contributed by atoms with Gasteiger partial charge in [-0.25, -0.2) is 9.97 Å². The van der Waals surface area contributed by atoms with Crippen LogP contribution in [0.15, 0.2) is 18.5 Å². The van der Waals surface area contributed by atoms with Crippen molar-refractivity contribution in [2.24, 2.45) is 5.92 Å². The summed E-state index contributed by atoms with van der Waals surface area (Å²) in [7, 11) is -0.535. The largest absolute Gasteiger partial charge is 0.498 e. The van der Waals surface area contributed by atoms with E-state index in [1.165, 1.54) is 12.8 Å². The van der Waals surface area contributed by atoms with Gasteiger partial charge in [0.15, 0.2) is 5.15 Å². The predicted octanol–water partition coefficient (Wildman–Crippen LogP) is 5.36. The molecule has 1 saturated heterocycles. The summed E-state index contributed by atoms with van der Waals surface area (Å²) in [6, 6.07) is 4.43. The van der Waals surface area contributed by atoms with Gasteiger partial charge in [-0.15, -0.1) is 11.3 Å². The lowest BCUT2D eigenvalue weighted by Crippen LogP contribution is -2.46. The monoisotopic (exact) mass is 517 g/mol. The average Bonchev–Trinajstić information content (AvgIpc) is 3.54. The van der Waals surface area contributed by atoms with Crippen molar-refractivity contribution >= 4 is 57.3 Å². The van der Waals surface area contributed by atoms with E-state index in [1.807, 2.05) is 37.0 Å². The molecule has 0 aromatic carbocycles. The van der Waals surface area contributed by atoms with Gasteiger partial charge in [0.25, 0.3) is 0 Å². The Kier molecular flexibility index (Phi) is 6.41. The molecule has 0 radical (unpaired) electrons. The van der Waals surface area contributed by atoms with Crippen LogP contribution in [0.2, 0.25) is 10.4 Å². The van der Waals surface area contributed by atoms with Crippen LogP contribution in [-0.4, -0.2) is 38.1 Å². The van der Waals surface area contributed by atoms with E-state index in [0.29, 0.717) is 23.9 Å². The Bertz CT molecular complexity index is 1250. The first kappa shape index (κ1) is 24.0. The summed E-state index contributed by atoms with van der Waals surface area (Å²) in [6.07, 6.45) is 9.63. The highest BCUT2D eigenvalue weighted by atomic mass is 35.5. The molecule has 3 aromatic heterocycles. The number of fused-ring (bicyclic) bond motifs is 1. The van der Waals surface area contributed by atoms with E-state index in [-0.39, 0.29) is 11.3 Å². The van der Waals surface area contributed by atoms with Gasteiger partial charge in [-0.2, -0.15) is 10.4 Å². The van der Waals surface area contributed by atoms with Gasteiger partial charge in [0.1, 0.15) is 0 Å². The first-order valence-corrected chi connectivity index (χ1v) is 13.1. The van der Waals surface area contributed by atoms with Crippen molar-refractivity contribution in [3.8, 4) is 6.07 Å². The third-order valence-electron chi connectivity index (χ3n) is 7.39. The third kappa shape index (κ3) is 4.35. The summed E-state index contributed by atoms with van der Waals surface area (Å²) in [5.74, 6) is 0.496. The smallest absolute Gasteiger partial charge is 0.399 e. The van der Waals surface area contributed by atoms with Crippen LogP contribution in [0.25, 0.3) is 10.2 Å². The average molecular weight is 518 g/mol. The van der Waals surface area contributed by atoms with Crippen molar-refractivity contribution < 1.29 is 9.31 Å². The van der Waals surface area contributed by atoms with Crippen LogP contribution in [0.3, 0.4) is 0 Å². The van der Waals surface area contributed by atoms with E-state index >= 15 is 0 Å². The number of halogens is 2. The molecule has 34 heavy (non-hydrogen) atoms. The molecule has 2 atom stereocenters. The number of hydrogen-bond donors (Lipinski definition) is 0. The topological polar surface area (TPSA) is 85.9 Å². The van der Waals surface area contributed by atoms with Crippen LogP contribution in [-0.2, 0) is 15.7 Å². The van der Waals surface area contributed by atoms with Gasteiger partial charge in [-0.3, -0.25) is 4.68 Å². The third-order valence-corrected chi connectivity index (χ3v) is 9.07. The lowest BCUT2D eigenvalue weighted by molar-refractivity contribution is -0.00818. The Morgan fingerprint density at radius 3 is 2.76 bits per heavy atom. The number of nitriles is 1. The molecule has 1 aliphatic carbocycles. The minimum absolute atomic E-state index is 0.0956. The first-order chi connectivity index (χ1) is 16.2. The summed E-state index contributed by atoms with van der Waals surface area (Å²) in [4.78, 5) is 9.41. The van der Waals surface area contributed by atoms with E-state index < -0.39 is 18.3 Å². The quantitative estimate of drug-likeness (QED) is 0.248. The van der Waals surface area contributed by atoms with Crippen LogP contribution in [0.5, 0.6) is 0 Å².